The normalized spacial score (nSPS) is 26.3. The molecule has 0 radical (unpaired) electrons. The molecular formula is C17H25N3O2S. The molecule has 2 amide bonds. The Labute approximate surface area is 141 Å². The van der Waals surface area contributed by atoms with E-state index in [-0.39, 0.29) is 22.8 Å². The molecule has 1 aromatic heterocycles. The van der Waals surface area contributed by atoms with Crippen molar-refractivity contribution in [2.75, 3.05) is 38.1 Å². The first-order valence-electron chi connectivity index (χ1n) is 8.06. The number of carbonyl (C=O) groups excluding carboxylic acids is 2. The van der Waals surface area contributed by atoms with Crippen molar-refractivity contribution in [3.05, 3.63) is 16.8 Å². The van der Waals surface area contributed by atoms with Crippen LogP contribution in [0, 0.1) is 5.41 Å². The number of nitrogens with zero attached hydrogens (tertiary/aromatic N) is 3. The number of likely N-dealkylation sites (N-methyl/N-ethyl adjacent to an activating group) is 1. The number of hydrogen-bond donors (Lipinski definition) is 0. The molecule has 0 aromatic carbocycles. The molecule has 1 spiro atoms. The molecule has 2 saturated heterocycles. The van der Waals surface area contributed by atoms with Crippen LogP contribution in [-0.2, 0) is 9.59 Å². The van der Waals surface area contributed by atoms with Crippen LogP contribution in [0.5, 0.6) is 0 Å². The number of amides is 2. The number of thiophene rings is 1. The lowest BCUT2D eigenvalue weighted by Crippen LogP contribution is -2.64. The largest absolute Gasteiger partial charge is 0.340 e. The van der Waals surface area contributed by atoms with Crippen LogP contribution in [0.15, 0.2) is 16.8 Å². The van der Waals surface area contributed by atoms with E-state index in [1.807, 2.05) is 54.4 Å². The summed E-state index contributed by atoms with van der Waals surface area (Å²) in [5.74, 6) is 0.332. The predicted octanol–water partition coefficient (Wildman–Crippen LogP) is 2.04. The monoisotopic (exact) mass is 335 g/mol. The van der Waals surface area contributed by atoms with Crippen LogP contribution in [-0.4, -0.2) is 60.4 Å². The number of carbonyl (C=O) groups is 2. The third-order valence-corrected chi connectivity index (χ3v) is 5.69. The van der Waals surface area contributed by atoms with Crippen molar-refractivity contribution in [2.45, 2.75) is 32.7 Å². The highest BCUT2D eigenvalue weighted by molar-refractivity contribution is 7.08. The maximum Gasteiger partial charge on any atom is 0.241 e. The Morgan fingerprint density at radius 3 is 2.65 bits per heavy atom. The Morgan fingerprint density at radius 2 is 2.04 bits per heavy atom. The Kier molecular flexibility index (Phi) is 4.01. The van der Waals surface area contributed by atoms with Crippen LogP contribution >= 0.6 is 11.3 Å². The third kappa shape index (κ3) is 2.90. The highest BCUT2D eigenvalue weighted by Crippen LogP contribution is 2.35. The standard InChI is InChI=1S/C17H25N3O2S/c1-16(2,3)15(22)19-7-6-17(11-19)12-20(13-5-8-23-10-13)14(21)9-18(17)4/h5,8,10H,6-7,9,11-12H2,1-4H3. The number of anilines is 1. The average molecular weight is 335 g/mol. The first-order chi connectivity index (χ1) is 10.7. The molecule has 6 heteroatoms. The number of hydrogen-bond acceptors (Lipinski definition) is 4. The lowest BCUT2D eigenvalue weighted by atomic mass is 9.92. The molecule has 23 heavy (non-hydrogen) atoms. The van der Waals surface area contributed by atoms with Gasteiger partial charge in [0.1, 0.15) is 0 Å². The fraction of sp³-hybridized carbons (Fsp3) is 0.647. The lowest BCUT2D eigenvalue weighted by Gasteiger charge is -2.46. The zero-order chi connectivity index (χ0) is 16.8. The van der Waals surface area contributed by atoms with E-state index in [9.17, 15) is 9.59 Å². The molecule has 0 bridgehead atoms. The van der Waals surface area contributed by atoms with Crippen LogP contribution in [0.4, 0.5) is 5.69 Å². The Hall–Kier alpha value is -1.40. The first kappa shape index (κ1) is 16.5. The Balaban J connectivity index is 1.81. The van der Waals surface area contributed by atoms with Crippen molar-refractivity contribution in [3.63, 3.8) is 0 Å². The van der Waals surface area contributed by atoms with E-state index in [1.165, 1.54) is 0 Å². The van der Waals surface area contributed by atoms with E-state index < -0.39 is 0 Å². The maximum atomic E-state index is 12.6. The van der Waals surface area contributed by atoms with Gasteiger partial charge in [0.25, 0.3) is 0 Å². The molecule has 126 valence electrons. The topological polar surface area (TPSA) is 43.9 Å². The lowest BCUT2D eigenvalue weighted by molar-refractivity contribution is -0.139. The van der Waals surface area contributed by atoms with Crippen molar-refractivity contribution in [1.29, 1.82) is 0 Å². The summed E-state index contributed by atoms with van der Waals surface area (Å²) in [6.45, 7) is 8.43. The van der Waals surface area contributed by atoms with Crippen LogP contribution in [0.2, 0.25) is 0 Å². The summed E-state index contributed by atoms with van der Waals surface area (Å²) in [4.78, 5) is 31.0. The molecule has 2 aliphatic heterocycles. The van der Waals surface area contributed by atoms with Gasteiger partial charge in [0.05, 0.1) is 17.8 Å². The zero-order valence-electron chi connectivity index (χ0n) is 14.3. The number of rotatable bonds is 1. The van der Waals surface area contributed by atoms with E-state index in [2.05, 4.69) is 4.90 Å². The Bertz CT molecular complexity index is 608. The molecule has 1 aromatic rings. The van der Waals surface area contributed by atoms with Gasteiger partial charge in [-0.15, -0.1) is 0 Å². The van der Waals surface area contributed by atoms with Crippen molar-refractivity contribution in [3.8, 4) is 0 Å². The summed E-state index contributed by atoms with van der Waals surface area (Å²) >= 11 is 1.60. The molecule has 5 nitrogen and oxygen atoms in total. The highest BCUT2D eigenvalue weighted by atomic mass is 32.1. The van der Waals surface area contributed by atoms with E-state index in [1.54, 1.807) is 11.3 Å². The summed E-state index contributed by atoms with van der Waals surface area (Å²) in [6, 6.07) is 1.99. The fourth-order valence-corrected chi connectivity index (χ4v) is 4.19. The minimum atomic E-state index is -0.359. The van der Waals surface area contributed by atoms with Gasteiger partial charge in [-0.3, -0.25) is 14.5 Å². The fourth-order valence-electron chi connectivity index (χ4n) is 3.55. The van der Waals surface area contributed by atoms with Crippen molar-refractivity contribution < 1.29 is 9.59 Å². The van der Waals surface area contributed by atoms with Crippen molar-refractivity contribution in [2.24, 2.45) is 5.41 Å². The summed E-state index contributed by atoms with van der Waals surface area (Å²) in [5.41, 5.74) is 0.492. The van der Waals surface area contributed by atoms with Gasteiger partial charge in [0.15, 0.2) is 0 Å². The molecule has 2 fully saturated rings. The SMILES string of the molecule is CN1CC(=O)N(c2ccsc2)CC12CCN(C(=O)C(C)(C)C)C2. The van der Waals surface area contributed by atoms with E-state index in [0.29, 0.717) is 19.6 Å². The van der Waals surface area contributed by atoms with Gasteiger partial charge >= 0.3 is 0 Å². The summed E-state index contributed by atoms with van der Waals surface area (Å²) in [5, 5.41) is 4.02. The van der Waals surface area contributed by atoms with Gasteiger partial charge in [0.2, 0.25) is 11.8 Å². The molecule has 1 unspecified atom stereocenters. The molecule has 3 heterocycles. The number of likely N-dealkylation sites (tertiary alicyclic amines) is 1. The summed E-state index contributed by atoms with van der Waals surface area (Å²) < 4.78 is 0. The van der Waals surface area contributed by atoms with Gasteiger partial charge in [0, 0.05) is 30.4 Å². The van der Waals surface area contributed by atoms with Gasteiger partial charge in [-0.2, -0.15) is 11.3 Å². The molecule has 3 rings (SSSR count). The highest BCUT2D eigenvalue weighted by Gasteiger charge is 2.49. The average Bonchev–Trinajstić information content (AvgIpc) is 3.12. The van der Waals surface area contributed by atoms with Gasteiger partial charge in [-0.05, 0) is 24.9 Å². The second-order valence-electron chi connectivity index (χ2n) is 7.77. The Morgan fingerprint density at radius 1 is 1.30 bits per heavy atom. The zero-order valence-corrected chi connectivity index (χ0v) is 15.2. The molecule has 1 atom stereocenters. The molecule has 0 aliphatic carbocycles. The van der Waals surface area contributed by atoms with Crippen molar-refractivity contribution in [1.82, 2.24) is 9.80 Å². The molecular weight excluding hydrogens is 310 g/mol. The van der Waals surface area contributed by atoms with Crippen LogP contribution in [0.3, 0.4) is 0 Å². The summed E-state index contributed by atoms with van der Waals surface area (Å²) in [6.07, 6.45) is 0.916. The van der Waals surface area contributed by atoms with Gasteiger partial charge in [-0.25, -0.2) is 0 Å². The smallest absolute Gasteiger partial charge is 0.241 e. The quantitative estimate of drug-likeness (QED) is 0.789. The predicted molar refractivity (Wildman–Crippen MR) is 92.7 cm³/mol. The van der Waals surface area contributed by atoms with E-state index in [0.717, 1.165) is 18.7 Å². The van der Waals surface area contributed by atoms with E-state index >= 15 is 0 Å². The second-order valence-corrected chi connectivity index (χ2v) is 8.55. The second kappa shape index (κ2) is 5.60. The minimum Gasteiger partial charge on any atom is -0.340 e. The van der Waals surface area contributed by atoms with Gasteiger partial charge in [-0.1, -0.05) is 20.8 Å². The van der Waals surface area contributed by atoms with Crippen LogP contribution in [0.1, 0.15) is 27.2 Å². The van der Waals surface area contributed by atoms with Crippen LogP contribution < -0.4 is 4.90 Å². The van der Waals surface area contributed by atoms with E-state index in [4.69, 9.17) is 0 Å². The van der Waals surface area contributed by atoms with Crippen molar-refractivity contribution >= 4 is 28.8 Å². The molecule has 0 saturated carbocycles. The third-order valence-electron chi connectivity index (χ3n) is 5.01. The number of piperazine rings is 1. The molecule has 2 aliphatic rings. The maximum absolute atomic E-state index is 12.6. The molecule has 0 N–H and O–H groups in total. The van der Waals surface area contributed by atoms with Gasteiger partial charge < -0.3 is 9.80 Å². The summed E-state index contributed by atoms with van der Waals surface area (Å²) in [7, 11) is 2.01. The van der Waals surface area contributed by atoms with Crippen LogP contribution in [0.25, 0.3) is 0 Å². The minimum absolute atomic E-state index is 0.128. The first-order valence-corrected chi connectivity index (χ1v) is 9.00.